The van der Waals surface area contributed by atoms with Gasteiger partial charge in [-0.15, -0.1) is 0 Å². The summed E-state index contributed by atoms with van der Waals surface area (Å²) in [6.45, 7) is 3.43. The summed E-state index contributed by atoms with van der Waals surface area (Å²) in [4.78, 5) is 12.2. The minimum absolute atomic E-state index is 0.0778. The molecule has 0 aliphatic carbocycles. The van der Waals surface area contributed by atoms with Crippen LogP contribution in [0.5, 0.6) is 5.75 Å². The highest BCUT2D eigenvalue weighted by Gasteiger charge is 2.19. The van der Waals surface area contributed by atoms with Crippen molar-refractivity contribution < 1.29 is 18.3 Å². The largest absolute Gasteiger partial charge is 0.482 e. The number of hydrogen-bond donors (Lipinski definition) is 0. The van der Waals surface area contributed by atoms with E-state index in [4.69, 9.17) is 4.74 Å². The summed E-state index contributed by atoms with van der Waals surface area (Å²) >= 11 is 3.33. The Hall–Kier alpha value is -1.75. The summed E-state index contributed by atoms with van der Waals surface area (Å²) < 4.78 is 32.5. The number of carbonyl (C=O) groups is 1. The Morgan fingerprint density at radius 3 is 2.52 bits per heavy atom. The number of halogens is 3. The molecular weight excluding hydrogens is 342 g/mol. The first kappa shape index (κ1) is 15.6. The van der Waals surface area contributed by atoms with E-state index in [2.05, 4.69) is 15.9 Å². The lowest BCUT2D eigenvalue weighted by molar-refractivity contribution is 0.0816. The average Bonchev–Trinajstić information content (AvgIpc) is 2.45. The maximum Gasteiger partial charge on any atom is 0.203 e. The van der Waals surface area contributed by atoms with Gasteiger partial charge in [0.05, 0.1) is 0 Å². The molecule has 0 amide bonds. The fourth-order valence-corrected chi connectivity index (χ4v) is 2.17. The zero-order chi connectivity index (χ0) is 15.6. The Labute approximate surface area is 129 Å². The fourth-order valence-electron chi connectivity index (χ4n) is 1.83. The quantitative estimate of drug-likeness (QED) is 0.744. The Balaban J connectivity index is 2.19. The van der Waals surface area contributed by atoms with Crippen LogP contribution in [-0.2, 0) is 0 Å². The van der Waals surface area contributed by atoms with Gasteiger partial charge in [-0.1, -0.05) is 22.0 Å². The van der Waals surface area contributed by atoms with E-state index in [0.29, 0.717) is 5.75 Å². The third-order valence-electron chi connectivity index (χ3n) is 3.03. The van der Waals surface area contributed by atoms with Crippen molar-refractivity contribution in [2.24, 2.45) is 0 Å². The molecule has 0 heterocycles. The third kappa shape index (κ3) is 3.67. The highest BCUT2D eigenvalue weighted by molar-refractivity contribution is 9.10. The first-order chi connectivity index (χ1) is 9.88. The number of Topliss-reactive ketones (excluding diaryl/α,β-unsaturated/α-hetero) is 1. The molecule has 2 rings (SSSR count). The molecule has 0 radical (unpaired) electrons. The van der Waals surface area contributed by atoms with Gasteiger partial charge in [0.25, 0.3) is 0 Å². The topological polar surface area (TPSA) is 26.3 Å². The summed E-state index contributed by atoms with van der Waals surface area (Å²) in [5.74, 6) is -1.88. The van der Waals surface area contributed by atoms with Gasteiger partial charge < -0.3 is 4.74 Å². The van der Waals surface area contributed by atoms with E-state index >= 15 is 0 Å². The Kier molecular flexibility index (Phi) is 4.73. The van der Waals surface area contributed by atoms with Crippen LogP contribution in [-0.4, -0.2) is 11.9 Å². The molecule has 21 heavy (non-hydrogen) atoms. The van der Waals surface area contributed by atoms with E-state index in [1.807, 2.05) is 19.1 Å². The summed E-state index contributed by atoms with van der Waals surface area (Å²) in [7, 11) is 0. The lowest BCUT2D eigenvalue weighted by Crippen LogP contribution is -2.24. The zero-order valence-corrected chi connectivity index (χ0v) is 13.1. The van der Waals surface area contributed by atoms with Crippen molar-refractivity contribution in [3.8, 4) is 5.75 Å². The van der Waals surface area contributed by atoms with E-state index in [9.17, 15) is 13.6 Å². The monoisotopic (exact) mass is 354 g/mol. The van der Waals surface area contributed by atoms with Gasteiger partial charge in [0.15, 0.2) is 17.7 Å². The van der Waals surface area contributed by atoms with Crippen LogP contribution in [0.15, 0.2) is 40.9 Å². The summed E-state index contributed by atoms with van der Waals surface area (Å²) in [5, 5.41) is 0. The molecule has 0 aromatic heterocycles. The van der Waals surface area contributed by atoms with E-state index in [-0.39, 0.29) is 5.56 Å². The third-order valence-corrected chi connectivity index (χ3v) is 3.52. The normalized spacial score (nSPS) is 12.0. The molecule has 2 aromatic rings. The smallest absolute Gasteiger partial charge is 0.203 e. The van der Waals surface area contributed by atoms with Crippen molar-refractivity contribution in [2.45, 2.75) is 20.0 Å². The molecular formula is C16H13BrF2O2. The van der Waals surface area contributed by atoms with Crippen molar-refractivity contribution in [3.05, 3.63) is 63.6 Å². The van der Waals surface area contributed by atoms with Gasteiger partial charge in [-0.05, 0) is 49.7 Å². The van der Waals surface area contributed by atoms with Crippen LogP contribution in [0.1, 0.15) is 22.8 Å². The van der Waals surface area contributed by atoms with Gasteiger partial charge in [0.1, 0.15) is 5.75 Å². The molecule has 1 unspecified atom stereocenters. The Bertz CT molecular complexity index is 686. The molecule has 1 atom stereocenters. The van der Waals surface area contributed by atoms with E-state index in [1.54, 1.807) is 13.0 Å². The van der Waals surface area contributed by atoms with Gasteiger partial charge in [0, 0.05) is 10.0 Å². The van der Waals surface area contributed by atoms with Crippen molar-refractivity contribution in [2.75, 3.05) is 0 Å². The number of aryl methyl sites for hydroxylation is 1. The van der Waals surface area contributed by atoms with Crippen molar-refractivity contribution in [1.29, 1.82) is 0 Å². The van der Waals surface area contributed by atoms with E-state index < -0.39 is 23.5 Å². The van der Waals surface area contributed by atoms with Gasteiger partial charge in [-0.3, -0.25) is 4.79 Å². The molecule has 0 spiro atoms. The molecule has 0 aliphatic rings. The van der Waals surface area contributed by atoms with Crippen LogP contribution in [0.2, 0.25) is 0 Å². The minimum Gasteiger partial charge on any atom is -0.482 e. The lowest BCUT2D eigenvalue weighted by Gasteiger charge is -2.16. The molecule has 0 bridgehead atoms. The molecule has 0 saturated carbocycles. The van der Waals surface area contributed by atoms with Crippen molar-refractivity contribution >= 4 is 21.7 Å². The summed E-state index contributed by atoms with van der Waals surface area (Å²) in [5.41, 5.74) is 0.956. The SMILES string of the molecule is Cc1ccc(Br)cc1OC(C)C(=O)c1ccc(F)c(F)c1. The highest BCUT2D eigenvalue weighted by Crippen LogP contribution is 2.24. The van der Waals surface area contributed by atoms with Gasteiger partial charge in [-0.25, -0.2) is 8.78 Å². The maximum atomic E-state index is 13.2. The fraction of sp³-hybridized carbons (Fsp3) is 0.188. The van der Waals surface area contributed by atoms with Crippen molar-refractivity contribution in [1.82, 2.24) is 0 Å². The molecule has 2 nitrogen and oxygen atoms in total. The second-order valence-corrected chi connectivity index (χ2v) is 5.58. The first-order valence-corrected chi connectivity index (χ1v) is 7.10. The molecule has 0 N–H and O–H groups in total. The van der Waals surface area contributed by atoms with Gasteiger partial charge in [-0.2, -0.15) is 0 Å². The zero-order valence-electron chi connectivity index (χ0n) is 11.5. The second-order valence-electron chi connectivity index (χ2n) is 4.66. The average molecular weight is 355 g/mol. The standard InChI is InChI=1S/C16H13BrF2O2/c1-9-3-5-12(17)8-15(9)21-10(2)16(20)11-4-6-13(18)14(19)7-11/h3-8,10H,1-2H3. The predicted octanol–water partition coefficient (Wildman–Crippen LogP) is 4.69. The lowest BCUT2D eigenvalue weighted by atomic mass is 10.1. The molecule has 110 valence electrons. The number of hydrogen-bond acceptors (Lipinski definition) is 2. The number of ketones is 1. The Morgan fingerprint density at radius 1 is 1.14 bits per heavy atom. The number of ether oxygens (including phenoxy) is 1. The number of rotatable bonds is 4. The van der Waals surface area contributed by atoms with Crippen LogP contribution in [0, 0.1) is 18.6 Å². The highest BCUT2D eigenvalue weighted by atomic mass is 79.9. The van der Waals surface area contributed by atoms with Gasteiger partial charge >= 0.3 is 0 Å². The van der Waals surface area contributed by atoms with Crippen molar-refractivity contribution in [3.63, 3.8) is 0 Å². The van der Waals surface area contributed by atoms with Crippen LogP contribution in [0.3, 0.4) is 0 Å². The van der Waals surface area contributed by atoms with Crippen LogP contribution in [0.25, 0.3) is 0 Å². The van der Waals surface area contributed by atoms with Crippen LogP contribution in [0.4, 0.5) is 8.78 Å². The molecule has 0 aliphatic heterocycles. The predicted molar refractivity (Wildman–Crippen MR) is 79.7 cm³/mol. The molecule has 0 saturated heterocycles. The van der Waals surface area contributed by atoms with Crippen LogP contribution < -0.4 is 4.74 Å². The van der Waals surface area contributed by atoms with E-state index in [1.165, 1.54) is 6.07 Å². The van der Waals surface area contributed by atoms with Crippen LogP contribution >= 0.6 is 15.9 Å². The maximum absolute atomic E-state index is 13.2. The van der Waals surface area contributed by atoms with Gasteiger partial charge in [0.2, 0.25) is 5.78 Å². The molecule has 5 heteroatoms. The number of carbonyl (C=O) groups excluding carboxylic acids is 1. The summed E-state index contributed by atoms with van der Waals surface area (Å²) in [6.07, 6.45) is -0.803. The first-order valence-electron chi connectivity index (χ1n) is 6.30. The number of benzene rings is 2. The van der Waals surface area contributed by atoms with E-state index in [0.717, 1.165) is 22.2 Å². The molecule has 2 aromatic carbocycles. The minimum atomic E-state index is -1.05. The Morgan fingerprint density at radius 2 is 1.86 bits per heavy atom. The molecule has 0 fully saturated rings. The summed E-state index contributed by atoms with van der Waals surface area (Å²) in [6, 6.07) is 8.53. The second kappa shape index (κ2) is 6.35.